The van der Waals surface area contributed by atoms with E-state index >= 15 is 0 Å². The van der Waals surface area contributed by atoms with Crippen molar-refractivity contribution in [2.45, 2.75) is 32.6 Å². The van der Waals surface area contributed by atoms with Gasteiger partial charge in [-0.3, -0.25) is 0 Å². The lowest BCUT2D eigenvalue weighted by Gasteiger charge is -2.20. The summed E-state index contributed by atoms with van der Waals surface area (Å²) in [7, 11) is -3.80. The first kappa shape index (κ1) is 21.8. The normalized spacial score (nSPS) is 14.7. The SMILES string of the molecule is CCCCCCP(=O)(Oc1ccc2c(c1)C(=O)OC2=O)Oc1ccc2c(c1)C(=O)OC2=O. The van der Waals surface area contributed by atoms with Crippen LogP contribution in [-0.2, 0) is 14.0 Å². The van der Waals surface area contributed by atoms with Crippen LogP contribution in [0.4, 0.5) is 0 Å². The second kappa shape index (κ2) is 8.59. The van der Waals surface area contributed by atoms with Gasteiger partial charge in [-0.05, 0) is 42.8 Å². The van der Waals surface area contributed by atoms with E-state index in [2.05, 4.69) is 9.47 Å². The molecule has 2 heterocycles. The van der Waals surface area contributed by atoms with E-state index in [4.69, 9.17) is 9.05 Å². The van der Waals surface area contributed by atoms with E-state index in [1.165, 1.54) is 36.4 Å². The highest BCUT2D eigenvalue weighted by atomic mass is 31.2. The molecule has 9 nitrogen and oxygen atoms in total. The number of carbonyl (C=O) groups is 4. The molecule has 0 amide bonds. The average molecular weight is 458 g/mol. The number of ether oxygens (including phenoxy) is 2. The Balaban J connectivity index is 1.59. The van der Waals surface area contributed by atoms with E-state index in [9.17, 15) is 23.7 Å². The molecule has 0 saturated heterocycles. The number of cyclic esters (lactones) is 4. The summed E-state index contributed by atoms with van der Waals surface area (Å²) in [5.41, 5.74) is 0.235. The lowest BCUT2D eigenvalue weighted by Crippen LogP contribution is -2.07. The first-order valence-electron chi connectivity index (χ1n) is 10.1. The van der Waals surface area contributed by atoms with E-state index in [1.807, 2.05) is 6.92 Å². The van der Waals surface area contributed by atoms with Crippen molar-refractivity contribution in [1.29, 1.82) is 0 Å². The van der Waals surface area contributed by atoms with Gasteiger partial charge in [0.05, 0.1) is 28.4 Å². The van der Waals surface area contributed by atoms with Gasteiger partial charge in [0, 0.05) is 0 Å². The Bertz CT molecular complexity index is 1100. The van der Waals surface area contributed by atoms with Crippen molar-refractivity contribution in [2.75, 3.05) is 6.16 Å². The molecule has 0 spiro atoms. The van der Waals surface area contributed by atoms with Crippen LogP contribution in [0.3, 0.4) is 0 Å². The molecule has 0 unspecified atom stereocenters. The van der Waals surface area contributed by atoms with E-state index in [0.717, 1.165) is 19.3 Å². The van der Waals surface area contributed by atoms with Crippen LogP contribution >= 0.6 is 7.60 Å². The van der Waals surface area contributed by atoms with Gasteiger partial charge in [0.25, 0.3) is 0 Å². The van der Waals surface area contributed by atoms with E-state index in [1.54, 1.807) is 0 Å². The van der Waals surface area contributed by atoms with Crippen LogP contribution in [-0.4, -0.2) is 30.0 Å². The van der Waals surface area contributed by atoms with Crippen LogP contribution in [0.2, 0.25) is 0 Å². The van der Waals surface area contributed by atoms with Gasteiger partial charge in [0.1, 0.15) is 11.5 Å². The van der Waals surface area contributed by atoms with Crippen LogP contribution in [0.15, 0.2) is 36.4 Å². The van der Waals surface area contributed by atoms with Crippen molar-refractivity contribution >= 4 is 31.5 Å². The van der Waals surface area contributed by atoms with Gasteiger partial charge in [-0.15, -0.1) is 0 Å². The Kier molecular flexibility index (Phi) is 5.84. The second-order valence-electron chi connectivity index (χ2n) is 7.35. The summed E-state index contributed by atoms with van der Waals surface area (Å²) >= 11 is 0. The zero-order valence-electron chi connectivity index (χ0n) is 17.1. The maximum absolute atomic E-state index is 13.6. The molecule has 0 atom stereocenters. The van der Waals surface area contributed by atoms with Crippen LogP contribution in [0.25, 0.3) is 0 Å². The molecule has 0 aliphatic carbocycles. The number of hydrogen-bond acceptors (Lipinski definition) is 9. The minimum Gasteiger partial charge on any atom is -0.416 e. The summed E-state index contributed by atoms with van der Waals surface area (Å²) in [6.07, 6.45) is 3.37. The molecule has 0 aromatic heterocycles. The molecule has 0 bridgehead atoms. The van der Waals surface area contributed by atoms with Crippen LogP contribution < -0.4 is 9.05 Å². The van der Waals surface area contributed by atoms with Gasteiger partial charge in [-0.2, -0.15) is 0 Å². The van der Waals surface area contributed by atoms with Crippen LogP contribution in [0.5, 0.6) is 11.5 Å². The number of carbonyl (C=O) groups excluding carboxylic acids is 4. The fourth-order valence-corrected chi connectivity index (χ4v) is 5.11. The number of benzene rings is 2. The Morgan fingerprint density at radius 3 is 1.62 bits per heavy atom. The Labute approximate surface area is 183 Å². The molecule has 4 rings (SSSR count). The van der Waals surface area contributed by atoms with Gasteiger partial charge >= 0.3 is 31.5 Å². The van der Waals surface area contributed by atoms with E-state index < -0.39 is 31.5 Å². The molecule has 0 N–H and O–H groups in total. The summed E-state index contributed by atoms with van der Waals surface area (Å²) in [4.78, 5) is 46.9. The monoisotopic (exact) mass is 458 g/mol. The summed E-state index contributed by atoms with van der Waals surface area (Å²) in [5.74, 6) is -2.98. The maximum atomic E-state index is 13.6. The van der Waals surface area contributed by atoms with E-state index in [0.29, 0.717) is 6.42 Å². The van der Waals surface area contributed by atoms with E-state index in [-0.39, 0.29) is 39.9 Å². The first-order valence-corrected chi connectivity index (χ1v) is 11.8. The van der Waals surface area contributed by atoms with Crippen molar-refractivity contribution in [3.63, 3.8) is 0 Å². The van der Waals surface area contributed by atoms with Crippen molar-refractivity contribution < 1.29 is 42.3 Å². The van der Waals surface area contributed by atoms with Gasteiger partial charge in [-0.1, -0.05) is 26.2 Å². The zero-order chi connectivity index (χ0) is 22.9. The lowest BCUT2D eigenvalue weighted by atomic mass is 10.1. The Morgan fingerprint density at radius 1 is 0.688 bits per heavy atom. The fourth-order valence-electron chi connectivity index (χ4n) is 3.41. The molecule has 32 heavy (non-hydrogen) atoms. The number of rotatable bonds is 9. The predicted molar refractivity (Wildman–Crippen MR) is 110 cm³/mol. The molecule has 2 aliphatic rings. The fraction of sp³-hybridized carbons (Fsp3) is 0.273. The first-order chi connectivity index (χ1) is 15.3. The summed E-state index contributed by atoms with van der Waals surface area (Å²) in [6, 6.07) is 8.08. The minimum atomic E-state index is -3.80. The maximum Gasteiger partial charge on any atom is 0.430 e. The standard InChI is InChI=1S/C22H19O9P/c1-2-3-4-5-10-32(27,30-13-6-8-15-17(11-13)21(25)28-19(15)23)31-14-7-9-16-18(12-14)22(26)29-20(16)24/h6-9,11-12H,2-5,10H2,1H3. The number of fused-ring (bicyclic) bond motifs is 2. The molecule has 2 aromatic carbocycles. The lowest BCUT2D eigenvalue weighted by molar-refractivity contribution is 0.0425. The number of esters is 4. The highest BCUT2D eigenvalue weighted by Crippen LogP contribution is 2.50. The second-order valence-corrected chi connectivity index (χ2v) is 9.38. The average Bonchev–Trinajstić information content (AvgIpc) is 3.19. The molecular weight excluding hydrogens is 439 g/mol. The van der Waals surface area contributed by atoms with Crippen molar-refractivity contribution in [2.24, 2.45) is 0 Å². The smallest absolute Gasteiger partial charge is 0.416 e. The van der Waals surface area contributed by atoms with Gasteiger partial charge < -0.3 is 18.5 Å². The topological polar surface area (TPSA) is 122 Å². The summed E-state index contributed by atoms with van der Waals surface area (Å²) < 4.78 is 34.1. The molecule has 2 aliphatic heterocycles. The van der Waals surface area contributed by atoms with Crippen molar-refractivity contribution in [3.05, 3.63) is 58.7 Å². The molecule has 0 saturated carbocycles. The molecule has 0 radical (unpaired) electrons. The zero-order valence-corrected chi connectivity index (χ0v) is 18.0. The minimum absolute atomic E-state index is 0.0174. The number of hydrogen-bond donors (Lipinski definition) is 0. The quantitative estimate of drug-likeness (QED) is 0.231. The molecule has 166 valence electrons. The molecule has 0 fully saturated rings. The molecule has 10 heteroatoms. The third-order valence-electron chi connectivity index (χ3n) is 5.01. The highest BCUT2D eigenvalue weighted by molar-refractivity contribution is 7.54. The Morgan fingerprint density at radius 2 is 1.16 bits per heavy atom. The number of unbranched alkanes of at least 4 members (excludes halogenated alkanes) is 3. The van der Waals surface area contributed by atoms with Gasteiger partial charge in [0.15, 0.2) is 0 Å². The van der Waals surface area contributed by atoms with Crippen LogP contribution in [0.1, 0.15) is 74.0 Å². The third-order valence-corrected chi connectivity index (χ3v) is 6.85. The highest BCUT2D eigenvalue weighted by Gasteiger charge is 2.34. The van der Waals surface area contributed by atoms with Crippen molar-refractivity contribution in [1.82, 2.24) is 0 Å². The summed E-state index contributed by atoms with van der Waals surface area (Å²) in [5, 5.41) is 0. The Hall–Kier alpha value is -3.45. The summed E-state index contributed by atoms with van der Waals surface area (Å²) in [6.45, 7) is 2.04. The molecule has 2 aromatic rings. The largest absolute Gasteiger partial charge is 0.430 e. The van der Waals surface area contributed by atoms with Gasteiger partial charge in [-0.25, -0.2) is 23.7 Å². The van der Waals surface area contributed by atoms with Crippen molar-refractivity contribution in [3.8, 4) is 11.5 Å². The van der Waals surface area contributed by atoms with Gasteiger partial charge in [0.2, 0.25) is 0 Å². The predicted octanol–water partition coefficient (Wildman–Crippen LogP) is 4.54. The van der Waals surface area contributed by atoms with Crippen LogP contribution in [0, 0.1) is 0 Å². The molecular formula is C22H19O9P. The third kappa shape index (κ3) is 4.29.